The second-order valence-corrected chi connectivity index (χ2v) is 4.36. The van der Waals surface area contributed by atoms with E-state index in [0.717, 1.165) is 18.4 Å². The molecular formula is C14H17NO. The fraction of sp³-hybridized carbons (Fsp3) is 0.429. The topological polar surface area (TPSA) is 30.0 Å². The van der Waals surface area contributed by atoms with Crippen molar-refractivity contribution < 1.29 is 4.79 Å². The van der Waals surface area contributed by atoms with E-state index in [1.807, 2.05) is 12.1 Å². The fourth-order valence-corrected chi connectivity index (χ4v) is 2.11. The van der Waals surface area contributed by atoms with Gasteiger partial charge in [0.1, 0.15) is 5.78 Å². The van der Waals surface area contributed by atoms with Crippen LogP contribution in [0.3, 0.4) is 0 Å². The number of hydrogen-bond acceptors (Lipinski definition) is 2. The summed E-state index contributed by atoms with van der Waals surface area (Å²) in [6.45, 7) is 0. The van der Waals surface area contributed by atoms with Crippen LogP contribution in [0.5, 0.6) is 0 Å². The van der Waals surface area contributed by atoms with Crippen LogP contribution in [-0.4, -0.2) is 10.8 Å². The third-order valence-electron chi connectivity index (χ3n) is 2.96. The van der Waals surface area contributed by atoms with Crippen molar-refractivity contribution in [3.05, 3.63) is 41.7 Å². The minimum absolute atomic E-state index is 0.319. The summed E-state index contributed by atoms with van der Waals surface area (Å²) in [6.07, 6.45) is 11.7. The molecule has 0 bridgehead atoms. The summed E-state index contributed by atoms with van der Waals surface area (Å²) in [5, 5.41) is 0. The lowest BCUT2D eigenvalue weighted by atomic mass is 9.94. The largest absolute Gasteiger partial charge is 0.299 e. The smallest absolute Gasteiger partial charge is 0.141 e. The summed E-state index contributed by atoms with van der Waals surface area (Å²) in [6, 6.07) is 3.82. The molecule has 16 heavy (non-hydrogen) atoms. The number of pyridine rings is 1. The maximum absolute atomic E-state index is 11.8. The van der Waals surface area contributed by atoms with Gasteiger partial charge in [0.15, 0.2) is 0 Å². The highest BCUT2D eigenvalue weighted by Gasteiger charge is 2.09. The number of nitrogens with zero attached hydrogens (tertiary/aromatic N) is 1. The second-order valence-electron chi connectivity index (χ2n) is 4.36. The predicted octanol–water partition coefficient (Wildman–Crippen LogP) is 3.08. The zero-order valence-electron chi connectivity index (χ0n) is 9.48. The van der Waals surface area contributed by atoms with E-state index in [-0.39, 0.29) is 0 Å². The lowest BCUT2D eigenvalue weighted by Crippen LogP contribution is -2.05. The Balaban J connectivity index is 1.87. The third-order valence-corrected chi connectivity index (χ3v) is 2.96. The minimum atomic E-state index is 0.319. The minimum Gasteiger partial charge on any atom is -0.299 e. The van der Waals surface area contributed by atoms with Crippen LogP contribution >= 0.6 is 0 Å². The monoisotopic (exact) mass is 215 g/mol. The predicted molar refractivity (Wildman–Crippen MR) is 64.1 cm³/mol. The highest BCUT2D eigenvalue weighted by molar-refractivity contribution is 5.83. The maximum atomic E-state index is 11.8. The molecule has 1 heterocycles. The third kappa shape index (κ3) is 3.30. The number of carbonyl (C=O) groups is 1. The average molecular weight is 215 g/mol. The van der Waals surface area contributed by atoms with E-state index >= 15 is 0 Å². The molecule has 1 aromatic heterocycles. The molecule has 0 saturated heterocycles. The molecule has 2 heteroatoms. The zero-order chi connectivity index (χ0) is 11.2. The van der Waals surface area contributed by atoms with Crippen molar-refractivity contribution in [1.29, 1.82) is 0 Å². The first kappa shape index (κ1) is 11.1. The highest BCUT2D eigenvalue weighted by atomic mass is 16.1. The van der Waals surface area contributed by atoms with E-state index in [9.17, 15) is 4.79 Å². The Morgan fingerprint density at radius 2 is 2.00 bits per heavy atom. The number of carbonyl (C=O) groups excluding carboxylic acids is 1. The molecule has 2 rings (SSSR count). The fourth-order valence-electron chi connectivity index (χ4n) is 2.11. The van der Waals surface area contributed by atoms with E-state index < -0.39 is 0 Å². The Bertz CT molecular complexity index is 381. The van der Waals surface area contributed by atoms with Crippen molar-refractivity contribution >= 4 is 5.78 Å². The van der Waals surface area contributed by atoms with Crippen molar-refractivity contribution in [2.45, 2.75) is 38.5 Å². The second kappa shape index (κ2) is 5.59. The lowest BCUT2D eigenvalue weighted by Gasteiger charge is -2.11. The van der Waals surface area contributed by atoms with Crippen molar-refractivity contribution in [1.82, 2.24) is 4.98 Å². The molecule has 0 unspecified atom stereocenters. The first-order valence-electron chi connectivity index (χ1n) is 5.93. The molecule has 0 fully saturated rings. The standard InChI is InChI=1S/C14H17NO/c16-14(10-12-4-2-1-3-5-12)11-13-6-8-15-9-7-13/h4,6-9H,1-3,5,10-11H2. The molecule has 1 aromatic rings. The number of ketones is 1. The van der Waals surface area contributed by atoms with Crippen LogP contribution in [0.2, 0.25) is 0 Å². The highest BCUT2D eigenvalue weighted by Crippen LogP contribution is 2.20. The van der Waals surface area contributed by atoms with Gasteiger partial charge in [-0.3, -0.25) is 9.78 Å². The summed E-state index contributed by atoms with van der Waals surface area (Å²) >= 11 is 0. The first-order chi connectivity index (χ1) is 7.84. The zero-order valence-corrected chi connectivity index (χ0v) is 9.48. The molecule has 0 aliphatic heterocycles. The van der Waals surface area contributed by atoms with E-state index in [1.54, 1.807) is 12.4 Å². The first-order valence-corrected chi connectivity index (χ1v) is 5.93. The molecule has 0 atom stereocenters. The van der Waals surface area contributed by atoms with Gasteiger partial charge in [0, 0.05) is 25.2 Å². The van der Waals surface area contributed by atoms with Crippen LogP contribution in [0.25, 0.3) is 0 Å². The lowest BCUT2D eigenvalue weighted by molar-refractivity contribution is -0.117. The molecule has 0 N–H and O–H groups in total. The van der Waals surface area contributed by atoms with Gasteiger partial charge in [-0.15, -0.1) is 0 Å². The Hall–Kier alpha value is -1.44. The van der Waals surface area contributed by atoms with Crippen LogP contribution in [0, 0.1) is 0 Å². The van der Waals surface area contributed by atoms with E-state index in [1.165, 1.54) is 18.4 Å². The van der Waals surface area contributed by atoms with Crippen LogP contribution in [0.15, 0.2) is 36.2 Å². The van der Waals surface area contributed by atoms with E-state index in [4.69, 9.17) is 0 Å². The molecule has 0 amide bonds. The summed E-state index contributed by atoms with van der Waals surface area (Å²) in [5.41, 5.74) is 2.40. The molecule has 1 aliphatic rings. The number of hydrogen-bond donors (Lipinski definition) is 0. The van der Waals surface area contributed by atoms with E-state index in [0.29, 0.717) is 18.6 Å². The van der Waals surface area contributed by atoms with E-state index in [2.05, 4.69) is 11.1 Å². The molecule has 0 saturated carbocycles. The average Bonchev–Trinajstić information content (AvgIpc) is 2.31. The van der Waals surface area contributed by atoms with Gasteiger partial charge in [-0.25, -0.2) is 0 Å². The van der Waals surface area contributed by atoms with Crippen molar-refractivity contribution in [3.63, 3.8) is 0 Å². The quantitative estimate of drug-likeness (QED) is 0.722. The van der Waals surface area contributed by atoms with Crippen molar-refractivity contribution in [2.75, 3.05) is 0 Å². The molecule has 2 nitrogen and oxygen atoms in total. The molecule has 0 spiro atoms. The van der Waals surface area contributed by atoms with Crippen LogP contribution in [-0.2, 0) is 11.2 Å². The van der Waals surface area contributed by atoms with Gasteiger partial charge < -0.3 is 0 Å². The van der Waals surface area contributed by atoms with Gasteiger partial charge in [-0.2, -0.15) is 0 Å². The summed E-state index contributed by atoms with van der Waals surface area (Å²) in [7, 11) is 0. The Morgan fingerprint density at radius 3 is 2.69 bits per heavy atom. The van der Waals surface area contributed by atoms with Crippen molar-refractivity contribution in [3.8, 4) is 0 Å². The van der Waals surface area contributed by atoms with Gasteiger partial charge >= 0.3 is 0 Å². The summed E-state index contributed by atoms with van der Waals surface area (Å²) in [4.78, 5) is 15.8. The van der Waals surface area contributed by atoms with Crippen LogP contribution in [0.1, 0.15) is 37.7 Å². The molecule has 0 aromatic carbocycles. The van der Waals surface area contributed by atoms with Gasteiger partial charge in [-0.1, -0.05) is 11.6 Å². The molecule has 0 radical (unpaired) electrons. The Kier molecular flexibility index (Phi) is 3.86. The Morgan fingerprint density at radius 1 is 1.19 bits per heavy atom. The normalized spacial score (nSPS) is 15.6. The summed E-state index contributed by atoms with van der Waals surface area (Å²) in [5.74, 6) is 0.319. The number of aromatic nitrogens is 1. The maximum Gasteiger partial charge on any atom is 0.141 e. The van der Waals surface area contributed by atoms with Gasteiger partial charge in [0.25, 0.3) is 0 Å². The number of allylic oxidation sites excluding steroid dienone is 2. The summed E-state index contributed by atoms with van der Waals surface area (Å²) < 4.78 is 0. The molecule has 1 aliphatic carbocycles. The molecular weight excluding hydrogens is 198 g/mol. The SMILES string of the molecule is O=C(CC1=CCCCC1)Cc1ccncc1. The van der Waals surface area contributed by atoms with Crippen LogP contribution in [0.4, 0.5) is 0 Å². The van der Waals surface area contributed by atoms with Crippen LogP contribution < -0.4 is 0 Å². The van der Waals surface area contributed by atoms with Crippen molar-refractivity contribution in [2.24, 2.45) is 0 Å². The van der Waals surface area contributed by atoms with Gasteiger partial charge in [0.2, 0.25) is 0 Å². The molecule has 84 valence electrons. The Labute approximate surface area is 96.4 Å². The van der Waals surface area contributed by atoms with Gasteiger partial charge in [-0.05, 0) is 43.4 Å². The number of rotatable bonds is 4. The number of Topliss-reactive ketones (excluding diaryl/α,β-unsaturated/α-hetero) is 1. The van der Waals surface area contributed by atoms with Gasteiger partial charge in [0.05, 0.1) is 0 Å².